The van der Waals surface area contributed by atoms with Gasteiger partial charge in [0.25, 0.3) is 0 Å². The van der Waals surface area contributed by atoms with E-state index in [2.05, 4.69) is 56.8 Å². The molecule has 1 aliphatic heterocycles. The molecule has 4 aromatic rings. The van der Waals surface area contributed by atoms with Gasteiger partial charge in [0.2, 0.25) is 0 Å². The first-order valence-corrected chi connectivity index (χ1v) is 11.0. The molecule has 1 atom stereocenters. The van der Waals surface area contributed by atoms with E-state index in [1.807, 2.05) is 37.4 Å². The molecule has 0 radical (unpaired) electrons. The topological polar surface area (TPSA) is 67.6 Å². The number of pyridine rings is 3. The Morgan fingerprint density at radius 2 is 2.03 bits per heavy atom. The van der Waals surface area contributed by atoms with Crippen LogP contribution >= 0.6 is 0 Å². The van der Waals surface area contributed by atoms with Crippen molar-refractivity contribution in [2.24, 2.45) is 0 Å². The van der Waals surface area contributed by atoms with Crippen molar-refractivity contribution in [3.05, 3.63) is 83.2 Å². The molecule has 0 unspecified atom stereocenters. The van der Waals surface area contributed by atoms with Gasteiger partial charge in [-0.15, -0.1) is 0 Å². The maximum Gasteiger partial charge on any atom is 0.137 e. The normalized spacial score (nSPS) is 17.0. The highest BCUT2D eigenvalue weighted by Crippen LogP contribution is 2.25. The number of aromatic nitrogens is 4. The monoisotopic (exact) mass is 428 g/mol. The van der Waals surface area contributed by atoms with E-state index in [0.29, 0.717) is 6.61 Å². The zero-order valence-electron chi connectivity index (χ0n) is 18.7. The van der Waals surface area contributed by atoms with Gasteiger partial charge in [0.1, 0.15) is 17.6 Å². The van der Waals surface area contributed by atoms with Crippen molar-refractivity contribution in [3.63, 3.8) is 0 Å². The summed E-state index contributed by atoms with van der Waals surface area (Å²) in [7, 11) is 0. The van der Waals surface area contributed by atoms with Crippen LogP contribution in [0.4, 0.5) is 11.5 Å². The lowest BCUT2D eigenvalue weighted by molar-refractivity contribution is -0.0354. The summed E-state index contributed by atoms with van der Waals surface area (Å²) in [5.41, 5.74) is 7.51. The second-order valence-corrected chi connectivity index (χ2v) is 8.44. The standard InChI is InChI=1S/C25H28N6O/c1-17-8-10-31-22(19(3)28-24(31)13-17)15-30-11-12-32-23(16-30)21-7-6-20(14-27-21)29-25-18(2)5-4-9-26-25/h4-10,13-14,23H,11-12,15-16H2,1-3H3,(H,26,29)/t23-/m0/s1. The molecule has 1 aliphatic rings. The summed E-state index contributed by atoms with van der Waals surface area (Å²) in [6, 6.07) is 12.3. The lowest BCUT2D eigenvalue weighted by Crippen LogP contribution is -2.38. The van der Waals surface area contributed by atoms with Crippen molar-refractivity contribution in [3.8, 4) is 0 Å². The van der Waals surface area contributed by atoms with E-state index in [1.165, 1.54) is 11.3 Å². The molecule has 0 aliphatic carbocycles. The van der Waals surface area contributed by atoms with Crippen molar-refractivity contribution < 1.29 is 4.74 Å². The molecular formula is C25H28N6O. The molecule has 32 heavy (non-hydrogen) atoms. The average Bonchev–Trinajstić information content (AvgIpc) is 3.10. The third kappa shape index (κ3) is 4.22. The summed E-state index contributed by atoms with van der Waals surface area (Å²) in [5.74, 6) is 0.848. The van der Waals surface area contributed by atoms with E-state index in [-0.39, 0.29) is 6.10 Å². The van der Waals surface area contributed by atoms with Crippen molar-refractivity contribution in [1.29, 1.82) is 0 Å². The van der Waals surface area contributed by atoms with E-state index in [0.717, 1.165) is 53.7 Å². The molecule has 5 heterocycles. The fraction of sp³-hybridized carbons (Fsp3) is 0.320. The summed E-state index contributed by atoms with van der Waals surface area (Å²) < 4.78 is 8.26. The predicted octanol–water partition coefficient (Wildman–Crippen LogP) is 4.37. The molecule has 1 saturated heterocycles. The Labute approximate surface area is 188 Å². The summed E-state index contributed by atoms with van der Waals surface area (Å²) in [6.45, 7) is 9.45. The molecule has 1 fully saturated rings. The number of aryl methyl sites for hydroxylation is 3. The maximum absolute atomic E-state index is 6.06. The Morgan fingerprint density at radius 1 is 1.12 bits per heavy atom. The second kappa shape index (κ2) is 8.68. The molecule has 0 saturated carbocycles. The van der Waals surface area contributed by atoms with Crippen LogP contribution in [0.5, 0.6) is 0 Å². The van der Waals surface area contributed by atoms with Gasteiger partial charge in [-0.3, -0.25) is 9.88 Å². The molecule has 164 valence electrons. The molecule has 0 spiro atoms. The lowest BCUT2D eigenvalue weighted by Gasteiger charge is -2.32. The second-order valence-electron chi connectivity index (χ2n) is 8.44. The minimum atomic E-state index is -0.0453. The first-order valence-electron chi connectivity index (χ1n) is 11.0. The van der Waals surface area contributed by atoms with Gasteiger partial charge < -0.3 is 14.5 Å². The fourth-order valence-corrected chi connectivity index (χ4v) is 4.17. The van der Waals surface area contributed by atoms with E-state index in [4.69, 9.17) is 9.72 Å². The van der Waals surface area contributed by atoms with Gasteiger partial charge in [-0.05, 0) is 62.2 Å². The highest BCUT2D eigenvalue weighted by molar-refractivity contribution is 5.58. The predicted molar refractivity (Wildman–Crippen MR) is 125 cm³/mol. The van der Waals surface area contributed by atoms with Crippen LogP contribution in [0.3, 0.4) is 0 Å². The SMILES string of the molecule is Cc1ccn2c(CN3CCO[C@H](c4ccc(Nc5ncccc5C)cn4)C3)c(C)nc2c1. The molecule has 0 aromatic carbocycles. The van der Waals surface area contributed by atoms with Crippen molar-refractivity contribution in [1.82, 2.24) is 24.3 Å². The Kier molecular flexibility index (Phi) is 5.59. The van der Waals surface area contributed by atoms with Crippen molar-refractivity contribution in [2.45, 2.75) is 33.4 Å². The number of hydrogen-bond acceptors (Lipinski definition) is 6. The zero-order chi connectivity index (χ0) is 22.1. The maximum atomic E-state index is 6.06. The Balaban J connectivity index is 1.28. The van der Waals surface area contributed by atoms with Crippen LogP contribution in [0.1, 0.15) is 34.3 Å². The molecule has 0 amide bonds. The molecular weight excluding hydrogens is 400 g/mol. The summed E-state index contributed by atoms with van der Waals surface area (Å²) >= 11 is 0. The number of nitrogens with zero attached hydrogens (tertiary/aromatic N) is 5. The van der Waals surface area contributed by atoms with Gasteiger partial charge in [-0.25, -0.2) is 9.97 Å². The van der Waals surface area contributed by atoms with E-state index >= 15 is 0 Å². The molecule has 0 bridgehead atoms. The number of ether oxygens (including phenoxy) is 1. The quantitative estimate of drug-likeness (QED) is 0.509. The largest absolute Gasteiger partial charge is 0.369 e. The van der Waals surface area contributed by atoms with Crippen LogP contribution in [0.25, 0.3) is 5.65 Å². The third-order valence-electron chi connectivity index (χ3n) is 5.99. The van der Waals surface area contributed by atoms with Gasteiger partial charge in [0.05, 0.1) is 35.6 Å². The summed E-state index contributed by atoms with van der Waals surface area (Å²) in [5, 5.41) is 3.33. The number of morpholine rings is 1. The summed E-state index contributed by atoms with van der Waals surface area (Å²) in [4.78, 5) is 16.2. The van der Waals surface area contributed by atoms with Crippen LogP contribution < -0.4 is 5.32 Å². The number of imidazole rings is 1. The van der Waals surface area contributed by atoms with Crippen molar-refractivity contribution >= 4 is 17.2 Å². The molecule has 1 N–H and O–H groups in total. The molecule has 5 rings (SSSR count). The molecule has 4 aromatic heterocycles. The number of hydrogen-bond donors (Lipinski definition) is 1. The third-order valence-corrected chi connectivity index (χ3v) is 5.99. The van der Waals surface area contributed by atoms with Gasteiger partial charge >= 0.3 is 0 Å². The first-order chi connectivity index (χ1) is 15.6. The van der Waals surface area contributed by atoms with E-state index in [9.17, 15) is 0 Å². The first kappa shape index (κ1) is 20.6. The van der Waals surface area contributed by atoms with Crippen LogP contribution in [0.15, 0.2) is 55.0 Å². The van der Waals surface area contributed by atoms with Crippen LogP contribution in [0.2, 0.25) is 0 Å². The highest BCUT2D eigenvalue weighted by atomic mass is 16.5. The van der Waals surface area contributed by atoms with Gasteiger partial charge in [-0.1, -0.05) is 6.07 Å². The van der Waals surface area contributed by atoms with Crippen LogP contribution in [0, 0.1) is 20.8 Å². The Bertz CT molecular complexity index is 1230. The van der Waals surface area contributed by atoms with Gasteiger partial charge in [0, 0.05) is 32.0 Å². The number of anilines is 2. The lowest BCUT2D eigenvalue weighted by atomic mass is 10.1. The Morgan fingerprint density at radius 3 is 2.84 bits per heavy atom. The van der Waals surface area contributed by atoms with Gasteiger partial charge in [0.15, 0.2) is 0 Å². The smallest absolute Gasteiger partial charge is 0.137 e. The minimum Gasteiger partial charge on any atom is -0.369 e. The van der Waals surface area contributed by atoms with Crippen LogP contribution in [-0.2, 0) is 11.3 Å². The molecule has 7 nitrogen and oxygen atoms in total. The fourth-order valence-electron chi connectivity index (χ4n) is 4.17. The average molecular weight is 429 g/mol. The minimum absolute atomic E-state index is 0.0453. The zero-order valence-corrected chi connectivity index (χ0v) is 18.7. The van der Waals surface area contributed by atoms with Crippen molar-refractivity contribution in [2.75, 3.05) is 25.0 Å². The van der Waals surface area contributed by atoms with E-state index < -0.39 is 0 Å². The number of nitrogens with one attached hydrogen (secondary N) is 1. The Hall–Kier alpha value is -3.29. The van der Waals surface area contributed by atoms with Gasteiger partial charge in [-0.2, -0.15) is 0 Å². The number of fused-ring (bicyclic) bond motifs is 1. The van der Waals surface area contributed by atoms with E-state index in [1.54, 1.807) is 6.20 Å². The number of rotatable bonds is 5. The van der Waals surface area contributed by atoms with Crippen LogP contribution in [-0.4, -0.2) is 43.9 Å². The molecule has 7 heteroatoms. The summed E-state index contributed by atoms with van der Waals surface area (Å²) in [6.07, 6.45) is 5.71. The highest BCUT2D eigenvalue weighted by Gasteiger charge is 2.24.